The van der Waals surface area contributed by atoms with Gasteiger partial charge >= 0.3 is 0 Å². The predicted octanol–water partition coefficient (Wildman–Crippen LogP) is 6.22. The highest BCUT2D eigenvalue weighted by molar-refractivity contribution is 8.01. The van der Waals surface area contributed by atoms with Crippen LogP contribution in [-0.2, 0) is 0 Å². The number of carbonyl (C=O) groups excluding carboxylic acids is 1. The summed E-state index contributed by atoms with van der Waals surface area (Å²) in [7, 11) is 0. The molecule has 1 unspecified atom stereocenters. The first kappa shape index (κ1) is 23.2. The summed E-state index contributed by atoms with van der Waals surface area (Å²) in [5, 5.41) is 13.8. The number of benzene rings is 2. The van der Waals surface area contributed by atoms with Gasteiger partial charge in [-0.25, -0.2) is 4.98 Å². The number of nitrogens with one attached hydrogen (secondary N) is 1. The molecule has 0 spiro atoms. The van der Waals surface area contributed by atoms with E-state index in [1.54, 1.807) is 0 Å². The molecule has 0 aliphatic heterocycles. The number of unbranched alkanes of at least 4 members (excludes halogenated alkanes) is 1. The number of nitrogens with zero attached hydrogens (tertiary/aromatic N) is 3. The fourth-order valence-corrected chi connectivity index (χ4v) is 5.13. The lowest BCUT2D eigenvalue weighted by molar-refractivity contribution is 0.0941. The lowest BCUT2D eigenvalue weighted by Gasteiger charge is -2.16. The Labute approximate surface area is 201 Å². The van der Waals surface area contributed by atoms with E-state index in [1.165, 1.54) is 23.1 Å². The van der Waals surface area contributed by atoms with E-state index in [2.05, 4.69) is 22.4 Å². The fraction of sp³-hybridized carbons (Fsp3) is 0.280. The molecule has 0 saturated heterocycles. The standard InChI is InChI=1S/C25H26N4O2S2/c1-4-5-14-31-19-12-10-18(11-13-19)16(2)26-24(30)21-15-23(33-25-29-28-17(3)32-25)27-22-9-7-6-8-20(21)22/h6-13,15-16H,4-5,14H2,1-3H3,(H,26,30). The summed E-state index contributed by atoms with van der Waals surface area (Å²) in [6.45, 7) is 6.75. The molecule has 0 bridgehead atoms. The van der Waals surface area contributed by atoms with Gasteiger partial charge in [-0.15, -0.1) is 10.2 Å². The molecule has 0 fully saturated rings. The van der Waals surface area contributed by atoms with Crippen LogP contribution in [0, 0.1) is 6.92 Å². The molecule has 6 nitrogen and oxygen atoms in total. The predicted molar refractivity (Wildman–Crippen MR) is 133 cm³/mol. The van der Waals surface area contributed by atoms with E-state index >= 15 is 0 Å². The number of aromatic nitrogens is 3. The van der Waals surface area contributed by atoms with Gasteiger partial charge in [-0.2, -0.15) is 0 Å². The Morgan fingerprint density at radius 2 is 1.94 bits per heavy atom. The molecule has 0 aliphatic carbocycles. The molecule has 1 atom stereocenters. The average molecular weight is 479 g/mol. The van der Waals surface area contributed by atoms with Crippen molar-refractivity contribution in [3.63, 3.8) is 0 Å². The maximum absolute atomic E-state index is 13.3. The van der Waals surface area contributed by atoms with E-state index in [-0.39, 0.29) is 11.9 Å². The molecule has 1 amide bonds. The van der Waals surface area contributed by atoms with Crippen molar-refractivity contribution in [1.82, 2.24) is 20.5 Å². The molecule has 8 heteroatoms. The third-order valence-corrected chi connectivity index (χ3v) is 6.94. The van der Waals surface area contributed by atoms with Crippen LogP contribution in [-0.4, -0.2) is 27.7 Å². The van der Waals surface area contributed by atoms with E-state index in [1.807, 2.05) is 68.4 Å². The Balaban J connectivity index is 1.53. The van der Waals surface area contributed by atoms with Crippen molar-refractivity contribution in [1.29, 1.82) is 0 Å². The number of hydrogen-bond acceptors (Lipinski definition) is 7. The van der Waals surface area contributed by atoms with Crippen LogP contribution in [0.25, 0.3) is 10.9 Å². The molecule has 4 rings (SSSR count). The first-order valence-electron chi connectivity index (χ1n) is 10.9. The number of rotatable bonds is 9. The van der Waals surface area contributed by atoms with E-state index < -0.39 is 0 Å². The number of pyridine rings is 1. The van der Waals surface area contributed by atoms with E-state index in [4.69, 9.17) is 9.72 Å². The average Bonchev–Trinajstić information content (AvgIpc) is 3.23. The van der Waals surface area contributed by atoms with Gasteiger partial charge in [-0.05, 0) is 61.9 Å². The quantitative estimate of drug-likeness (QED) is 0.288. The minimum absolute atomic E-state index is 0.139. The molecule has 0 radical (unpaired) electrons. The Bertz CT molecular complexity index is 1240. The van der Waals surface area contributed by atoms with Gasteiger partial charge in [0.05, 0.1) is 23.7 Å². The number of carbonyl (C=O) groups is 1. The number of ether oxygens (including phenoxy) is 1. The van der Waals surface area contributed by atoms with Crippen LogP contribution in [0.2, 0.25) is 0 Å². The van der Waals surface area contributed by atoms with Crippen molar-refractivity contribution in [2.75, 3.05) is 6.61 Å². The maximum Gasteiger partial charge on any atom is 0.252 e. The van der Waals surface area contributed by atoms with Gasteiger partial charge in [-0.3, -0.25) is 4.79 Å². The van der Waals surface area contributed by atoms with E-state index in [0.717, 1.165) is 49.4 Å². The fourth-order valence-electron chi connectivity index (χ4n) is 3.35. The first-order chi connectivity index (χ1) is 16.0. The van der Waals surface area contributed by atoms with Crippen LogP contribution in [0.3, 0.4) is 0 Å². The van der Waals surface area contributed by atoms with Gasteiger partial charge in [0.2, 0.25) is 0 Å². The molecule has 0 saturated carbocycles. The summed E-state index contributed by atoms with van der Waals surface area (Å²) in [6.07, 6.45) is 2.14. The lowest BCUT2D eigenvalue weighted by atomic mass is 10.1. The maximum atomic E-state index is 13.3. The highest BCUT2D eigenvalue weighted by Gasteiger charge is 2.17. The second kappa shape index (κ2) is 10.8. The van der Waals surface area contributed by atoms with Gasteiger partial charge in [0.25, 0.3) is 5.91 Å². The monoisotopic (exact) mass is 478 g/mol. The van der Waals surface area contributed by atoms with Gasteiger partial charge in [-0.1, -0.05) is 55.0 Å². The molecule has 0 aliphatic rings. The van der Waals surface area contributed by atoms with Gasteiger partial charge in [0.1, 0.15) is 15.8 Å². The third-order valence-electron chi connectivity index (χ3n) is 5.13. The smallest absolute Gasteiger partial charge is 0.252 e. The molecule has 170 valence electrons. The van der Waals surface area contributed by atoms with Crippen LogP contribution >= 0.6 is 23.1 Å². The minimum atomic E-state index is -0.156. The van der Waals surface area contributed by atoms with Crippen LogP contribution in [0.15, 0.2) is 64.0 Å². The van der Waals surface area contributed by atoms with Crippen molar-refractivity contribution in [3.8, 4) is 5.75 Å². The van der Waals surface area contributed by atoms with E-state index in [9.17, 15) is 4.79 Å². The van der Waals surface area contributed by atoms with Crippen molar-refractivity contribution in [2.24, 2.45) is 0 Å². The molecule has 1 N–H and O–H groups in total. The molecule has 2 aromatic heterocycles. The lowest BCUT2D eigenvalue weighted by Crippen LogP contribution is -2.27. The van der Waals surface area contributed by atoms with Crippen LogP contribution in [0.5, 0.6) is 5.75 Å². The topological polar surface area (TPSA) is 77.0 Å². The van der Waals surface area contributed by atoms with Crippen molar-refractivity contribution in [2.45, 2.75) is 49.0 Å². The second-order valence-electron chi connectivity index (χ2n) is 7.68. The molecular weight excluding hydrogens is 452 g/mol. The van der Waals surface area contributed by atoms with Crippen LogP contribution < -0.4 is 10.1 Å². The zero-order chi connectivity index (χ0) is 23.2. The highest BCUT2D eigenvalue weighted by atomic mass is 32.2. The number of para-hydroxylation sites is 1. The summed E-state index contributed by atoms with van der Waals surface area (Å²) in [6, 6.07) is 17.3. The molecule has 33 heavy (non-hydrogen) atoms. The number of amides is 1. The van der Waals surface area contributed by atoms with Crippen LogP contribution in [0.4, 0.5) is 0 Å². The normalized spacial score (nSPS) is 12.0. The second-order valence-corrected chi connectivity index (χ2v) is 10.1. The number of aryl methyl sites for hydroxylation is 1. The summed E-state index contributed by atoms with van der Waals surface area (Å²) in [5.74, 6) is 0.708. The first-order valence-corrected chi connectivity index (χ1v) is 12.6. The molecule has 2 aromatic carbocycles. The van der Waals surface area contributed by atoms with Crippen LogP contribution in [0.1, 0.15) is 53.7 Å². The summed E-state index contributed by atoms with van der Waals surface area (Å²) in [5.41, 5.74) is 2.38. The third kappa shape index (κ3) is 5.89. The molecule has 4 aromatic rings. The van der Waals surface area contributed by atoms with Gasteiger partial charge < -0.3 is 10.1 Å². The van der Waals surface area contributed by atoms with Crippen molar-refractivity contribution < 1.29 is 9.53 Å². The Hall–Kier alpha value is -2.97. The zero-order valence-electron chi connectivity index (χ0n) is 18.9. The minimum Gasteiger partial charge on any atom is -0.494 e. The Kier molecular flexibility index (Phi) is 7.57. The van der Waals surface area contributed by atoms with E-state index in [0.29, 0.717) is 12.2 Å². The summed E-state index contributed by atoms with van der Waals surface area (Å²) < 4.78 is 6.54. The van der Waals surface area contributed by atoms with Crippen molar-refractivity contribution in [3.05, 3.63) is 70.7 Å². The molecule has 2 heterocycles. The summed E-state index contributed by atoms with van der Waals surface area (Å²) >= 11 is 2.93. The number of fused-ring (bicyclic) bond motifs is 1. The highest BCUT2D eigenvalue weighted by Crippen LogP contribution is 2.31. The largest absolute Gasteiger partial charge is 0.494 e. The van der Waals surface area contributed by atoms with Gasteiger partial charge in [0.15, 0.2) is 4.34 Å². The van der Waals surface area contributed by atoms with Crippen molar-refractivity contribution >= 4 is 39.9 Å². The summed E-state index contributed by atoms with van der Waals surface area (Å²) in [4.78, 5) is 18.0. The molecular formula is C25H26N4O2S2. The Morgan fingerprint density at radius 1 is 1.15 bits per heavy atom. The zero-order valence-corrected chi connectivity index (χ0v) is 20.5. The SMILES string of the molecule is CCCCOc1ccc(C(C)NC(=O)c2cc(Sc3nnc(C)s3)nc3ccccc23)cc1. The van der Waals surface area contributed by atoms with Gasteiger partial charge in [0, 0.05) is 5.39 Å². The number of hydrogen-bond donors (Lipinski definition) is 1. The Morgan fingerprint density at radius 3 is 2.67 bits per heavy atom.